The van der Waals surface area contributed by atoms with Crippen molar-refractivity contribution in [1.29, 1.82) is 5.41 Å². The highest BCUT2D eigenvalue weighted by Crippen LogP contribution is 2.17. The molecule has 1 fully saturated rings. The number of carboxylic acid groups (broad SMARTS) is 1. The van der Waals surface area contributed by atoms with Crippen molar-refractivity contribution in [3.8, 4) is 0 Å². The van der Waals surface area contributed by atoms with Gasteiger partial charge in [0.05, 0.1) is 6.42 Å². The number of hydrogen-bond donors (Lipinski definition) is 4. The van der Waals surface area contributed by atoms with Crippen LogP contribution in [0.1, 0.15) is 25.7 Å². The van der Waals surface area contributed by atoms with Gasteiger partial charge in [-0.05, 0) is 12.8 Å². The zero-order chi connectivity index (χ0) is 16.7. The smallest absolute Gasteiger partial charge is 0.320 e. The van der Waals surface area contributed by atoms with Gasteiger partial charge in [0.15, 0.2) is 5.96 Å². The summed E-state index contributed by atoms with van der Waals surface area (Å²) in [6.45, 7) is 0.728. The summed E-state index contributed by atoms with van der Waals surface area (Å²) >= 11 is 0. The van der Waals surface area contributed by atoms with E-state index in [0.29, 0.717) is 19.4 Å². The lowest BCUT2D eigenvalue weighted by Gasteiger charge is -2.18. The first-order valence-corrected chi connectivity index (χ1v) is 7.31. The number of carbonyl (C=O) groups is 3. The van der Waals surface area contributed by atoms with Crippen LogP contribution in [0.15, 0.2) is 0 Å². The van der Waals surface area contributed by atoms with Crippen LogP contribution in [0.3, 0.4) is 0 Å². The van der Waals surface area contributed by atoms with Gasteiger partial charge in [0.1, 0.15) is 17.6 Å². The van der Waals surface area contributed by atoms with Crippen LogP contribution in [0.5, 0.6) is 0 Å². The second-order valence-corrected chi connectivity index (χ2v) is 5.69. The Kier molecular flexibility index (Phi) is 6.97. The third-order valence-corrected chi connectivity index (χ3v) is 3.62. The van der Waals surface area contributed by atoms with E-state index in [-0.39, 0.29) is 36.9 Å². The first-order valence-electron chi connectivity index (χ1n) is 7.31. The molecule has 124 valence electrons. The first kappa shape index (κ1) is 18.1. The normalized spacial score (nSPS) is 19.1. The average Bonchev–Trinajstić information content (AvgIpc) is 2.75. The quantitative estimate of drug-likeness (QED) is 0.205. The minimum absolute atomic E-state index is 0.0271. The number of ketones is 2. The molecule has 0 radical (unpaired) electrons. The Morgan fingerprint density at radius 3 is 2.64 bits per heavy atom. The summed E-state index contributed by atoms with van der Waals surface area (Å²) in [5.41, 5.74) is 0. The van der Waals surface area contributed by atoms with E-state index < -0.39 is 17.9 Å². The standard InChI is InChI=1S/C14H24N4O4/c1-18(2)14(15)16-5-3-4-11(13(21)22)17-8-9-6-10(19)7-12(9)20/h9,11,17H,3-8H2,1-2H3,(H2,15,16)(H,21,22). The fraction of sp³-hybridized carbons (Fsp3) is 0.714. The second kappa shape index (κ2) is 8.47. The molecule has 0 aromatic carbocycles. The molecular weight excluding hydrogens is 288 g/mol. The minimum Gasteiger partial charge on any atom is -0.480 e. The molecular formula is C14H24N4O4. The van der Waals surface area contributed by atoms with Crippen molar-refractivity contribution < 1.29 is 19.5 Å². The maximum atomic E-state index is 11.5. The van der Waals surface area contributed by atoms with Crippen LogP contribution in [-0.4, -0.2) is 66.7 Å². The fourth-order valence-electron chi connectivity index (χ4n) is 2.25. The van der Waals surface area contributed by atoms with Crippen LogP contribution in [0.25, 0.3) is 0 Å². The fourth-order valence-corrected chi connectivity index (χ4v) is 2.25. The largest absolute Gasteiger partial charge is 0.480 e. The molecule has 22 heavy (non-hydrogen) atoms. The van der Waals surface area contributed by atoms with Gasteiger partial charge in [0.2, 0.25) is 0 Å². The molecule has 0 spiro atoms. The third-order valence-electron chi connectivity index (χ3n) is 3.62. The van der Waals surface area contributed by atoms with Crippen molar-refractivity contribution in [1.82, 2.24) is 15.5 Å². The number of nitrogens with one attached hydrogen (secondary N) is 3. The van der Waals surface area contributed by atoms with Gasteiger partial charge in [-0.3, -0.25) is 19.8 Å². The van der Waals surface area contributed by atoms with Crippen LogP contribution in [0.4, 0.5) is 0 Å². The number of carbonyl (C=O) groups excluding carboxylic acids is 2. The van der Waals surface area contributed by atoms with E-state index in [1.807, 2.05) is 0 Å². The first-order chi connectivity index (χ1) is 10.3. The van der Waals surface area contributed by atoms with Gasteiger partial charge in [0, 0.05) is 39.5 Å². The number of guanidine groups is 1. The van der Waals surface area contributed by atoms with Gasteiger partial charge >= 0.3 is 5.97 Å². The topological polar surface area (TPSA) is 123 Å². The van der Waals surface area contributed by atoms with Gasteiger partial charge in [-0.15, -0.1) is 0 Å². The highest BCUT2D eigenvalue weighted by molar-refractivity contribution is 6.07. The lowest BCUT2D eigenvalue weighted by molar-refractivity contribution is -0.140. The maximum absolute atomic E-state index is 11.5. The number of carboxylic acids is 1. The lowest BCUT2D eigenvalue weighted by Crippen LogP contribution is -2.41. The second-order valence-electron chi connectivity index (χ2n) is 5.69. The summed E-state index contributed by atoms with van der Waals surface area (Å²) in [7, 11) is 3.49. The summed E-state index contributed by atoms with van der Waals surface area (Å²) in [5, 5.41) is 22.5. The molecule has 8 nitrogen and oxygen atoms in total. The monoisotopic (exact) mass is 312 g/mol. The van der Waals surface area contributed by atoms with E-state index in [0.717, 1.165) is 0 Å². The van der Waals surface area contributed by atoms with Gasteiger partial charge in [0.25, 0.3) is 0 Å². The Bertz CT molecular complexity index is 450. The van der Waals surface area contributed by atoms with Crippen LogP contribution < -0.4 is 10.6 Å². The molecule has 8 heteroatoms. The summed E-state index contributed by atoms with van der Waals surface area (Å²) in [6, 6.07) is -0.751. The van der Waals surface area contributed by atoms with Crippen molar-refractivity contribution in [3.63, 3.8) is 0 Å². The van der Waals surface area contributed by atoms with E-state index in [2.05, 4.69) is 10.6 Å². The molecule has 0 heterocycles. The molecule has 2 atom stereocenters. The highest BCUT2D eigenvalue weighted by atomic mass is 16.4. The molecule has 0 bridgehead atoms. The highest BCUT2D eigenvalue weighted by Gasteiger charge is 2.31. The Morgan fingerprint density at radius 2 is 2.14 bits per heavy atom. The third kappa shape index (κ3) is 5.80. The summed E-state index contributed by atoms with van der Waals surface area (Å²) < 4.78 is 0. The molecule has 0 aliphatic heterocycles. The number of hydrogen-bond acceptors (Lipinski definition) is 5. The Hall–Kier alpha value is -1.96. The van der Waals surface area contributed by atoms with E-state index >= 15 is 0 Å². The molecule has 0 aromatic heterocycles. The number of nitrogens with zero attached hydrogens (tertiary/aromatic N) is 1. The predicted octanol–water partition coefficient (Wildman–Crippen LogP) is -0.556. The van der Waals surface area contributed by atoms with Crippen LogP contribution in [0.2, 0.25) is 0 Å². The molecule has 1 saturated carbocycles. The Balaban J connectivity index is 2.30. The van der Waals surface area contributed by atoms with Gasteiger partial charge < -0.3 is 20.6 Å². The number of aliphatic carboxylic acids is 1. The zero-order valence-corrected chi connectivity index (χ0v) is 13.0. The van der Waals surface area contributed by atoms with Crippen LogP contribution in [0, 0.1) is 11.3 Å². The van der Waals surface area contributed by atoms with Crippen molar-refractivity contribution in [2.75, 3.05) is 27.2 Å². The zero-order valence-electron chi connectivity index (χ0n) is 13.0. The van der Waals surface area contributed by atoms with Crippen LogP contribution >= 0.6 is 0 Å². The van der Waals surface area contributed by atoms with Crippen molar-refractivity contribution in [2.24, 2.45) is 5.92 Å². The number of Topliss-reactive ketones (excluding diaryl/α,β-unsaturated/α-hetero) is 2. The number of rotatable bonds is 8. The van der Waals surface area contributed by atoms with E-state index in [1.165, 1.54) is 0 Å². The molecule has 0 aromatic rings. The maximum Gasteiger partial charge on any atom is 0.320 e. The molecule has 2 unspecified atom stereocenters. The molecule has 1 aliphatic rings. The summed E-state index contributed by atoms with van der Waals surface area (Å²) in [5.74, 6) is -1.28. The summed E-state index contributed by atoms with van der Waals surface area (Å²) in [4.78, 5) is 35.5. The average molecular weight is 312 g/mol. The molecule has 4 N–H and O–H groups in total. The van der Waals surface area contributed by atoms with Crippen molar-refractivity contribution in [2.45, 2.75) is 31.7 Å². The SMILES string of the molecule is CN(C)C(=N)NCCCC(NCC1CC(=O)CC1=O)C(=O)O. The molecule has 1 rings (SSSR count). The minimum atomic E-state index is -0.973. The van der Waals surface area contributed by atoms with Gasteiger partial charge in [-0.25, -0.2) is 0 Å². The lowest BCUT2D eigenvalue weighted by atomic mass is 10.1. The Labute approximate surface area is 129 Å². The summed E-state index contributed by atoms with van der Waals surface area (Å²) in [6.07, 6.45) is 1.15. The van der Waals surface area contributed by atoms with E-state index in [9.17, 15) is 19.5 Å². The van der Waals surface area contributed by atoms with E-state index in [4.69, 9.17) is 5.41 Å². The van der Waals surface area contributed by atoms with E-state index in [1.54, 1.807) is 19.0 Å². The van der Waals surface area contributed by atoms with Crippen molar-refractivity contribution >= 4 is 23.5 Å². The van der Waals surface area contributed by atoms with Crippen molar-refractivity contribution in [3.05, 3.63) is 0 Å². The Morgan fingerprint density at radius 1 is 1.45 bits per heavy atom. The molecule has 0 saturated heterocycles. The van der Waals surface area contributed by atoms with Gasteiger partial charge in [-0.1, -0.05) is 0 Å². The molecule has 0 amide bonds. The predicted molar refractivity (Wildman–Crippen MR) is 80.8 cm³/mol. The van der Waals surface area contributed by atoms with Crippen LogP contribution in [-0.2, 0) is 14.4 Å². The van der Waals surface area contributed by atoms with Gasteiger partial charge in [-0.2, -0.15) is 0 Å². The molecule has 1 aliphatic carbocycles.